The number of ether oxygens (including phenoxy) is 1. The van der Waals surface area contributed by atoms with Crippen molar-refractivity contribution in [2.75, 3.05) is 14.2 Å². The molecule has 1 atom stereocenters. The molecule has 1 aromatic heterocycles. The van der Waals surface area contributed by atoms with Crippen LogP contribution >= 0.6 is 0 Å². The molecule has 0 aliphatic rings. The molecule has 0 bridgehead atoms. The fraction of sp³-hybridized carbons (Fsp3) is 0.357. The lowest BCUT2D eigenvalue weighted by molar-refractivity contribution is 0.410. The molecule has 0 aliphatic carbocycles. The molecule has 1 aromatic carbocycles. The zero-order valence-electron chi connectivity index (χ0n) is 11.3. The fourth-order valence-corrected chi connectivity index (χ4v) is 2.12. The molecule has 0 aliphatic heterocycles. The summed E-state index contributed by atoms with van der Waals surface area (Å²) in [5, 5.41) is 3.29. The second kappa shape index (κ2) is 5.23. The van der Waals surface area contributed by atoms with E-state index in [1.165, 1.54) is 0 Å². The lowest BCUT2D eigenvalue weighted by Crippen LogP contribution is -2.21. The van der Waals surface area contributed by atoms with Gasteiger partial charge in [-0.1, -0.05) is 12.1 Å². The van der Waals surface area contributed by atoms with Crippen molar-refractivity contribution in [1.29, 1.82) is 0 Å². The van der Waals surface area contributed by atoms with Gasteiger partial charge in [-0.15, -0.1) is 0 Å². The van der Waals surface area contributed by atoms with Crippen LogP contribution in [0.3, 0.4) is 0 Å². The van der Waals surface area contributed by atoms with Gasteiger partial charge in [0, 0.05) is 19.4 Å². The van der Waals surface area contributed by atoms with Gasteiger partial charge in [-0.05, 0) is 31.2 Å². The van der Waals surface area contributed by atoms with Gasteiger partial charge >= 0.3 is 0 Å². The first-order valence-electron chi connectivity index (χ1n) is 5.96. The zero-order valence-corrected chi connectivity index (χ0v) is 11.3. The Hall–Kier alpha value is -1.81. The summed E-state index contributed by atoms with van der Waals surface area (Å²) >= 11 is 0. The molecule has 4 nitrogen and oxygen atoms in total. The molecule has 1 heterocycles. The van der Waals surface area contributed by atoms with Crippen LogP contribution < -0.4 is 10.1 Å². The number of benzene rings is 1. The second-order valence-corrected chi connectivity index (χ2v) is 4.35. The summed E-state index contributed by atoms with van der Waals surface area (Å²) < 4.78 is 7.39. The van der Waals surface area contributed by atoms with Crippen LogP contribution in [0.2, 0.25) is 0 Å². The number of hydrogen-bond acceptors (Lipinski definition) is 3. The number of nitrogens with zero attached hydrogens (tertiary/aromatic N) is 2. The summed E-state index contributed by atoms with van der Waals surface area (Å²) in [6.45, 7) is 2.04. The van der Waals surface area contributed by atoms with Gasteiger partial charge < -0.3 is 14.6 Å². The SMILES string of the molecule is CNC(c1ccc(C)c(OC)c1)c1nccn1C. The molecule has 1 unspecified atom stereocenters. The van der Waals surface area contributed by atoms with E-state index in [9.17, 15) is 0 Å². The highest BCUT2D eigenvalue weighted by Gasteiger charge is 2.17. The van der Waals surface area contributed by atoms with Gasteiger partial charge in [0.1, 0.15) is 11.6 Å². The number of hydrogen-bond donors (Lipinski definition) is 1. The first kappa shape index (κ1) is 12.6. The van der Waals surface area contributed by atoms with Crippen LogP contribution in [0.25, 0.3) is 0 Å². The average molecular weight is 245 g/mol. The van der Waals surface area contributed by atoms with Crippen molar-refractivity contribution in [3.05, 3.63) is 47.5 Å². The van der Waals surface area contributed by atoms with Crippen molar-refractivity contribution in [3.63, 3.8) is 0 Å². The Kier molecular flexibility index (Phi) is 3.67. The van der Waals surface area contributed by atoms with E-state index in [2.05, 4.69) is 28.5 Å². The molecular formula is C14H19N3O. The van der Waals surface area contributed by atoms with E-state index in [0.717, 1.165) is 22.7 Å². The molecule has 2 rings (SSSR count). The van der Waals surface area contributed by atoms with Gasteiger partial charge in [0.2, 0.25) is 0 Å². The predicted octanol–water partition coefficient (Wildman–Crippen LogP) is 2.05. The van der Waals surface area contributed by atoms with Gasteiger partial charge in [0.15, 0.2) is 0 Å². The maximum absolute atomic E-state index is 5.37. The van der Waals surface area contributed by atoms with Crippen LogP contribution in [0.4, 0.5) is 0 Å². The van der Waals surface area contributed by atoms with Crippen LogP contribution in [0.15, 0.2) is 30.6 Å². The smallest absolute Gasteiger partial charge is 0.130 e. The zero-order chi connectivity index (χ0) is 13.1. The summed E-state index contributed by atoms with van der Waals surface area (Å²) in [5.41, 5.74) is 2.28. The number of rotatable bonds is 4. The fourth-order valence-electron chi connectivity index (χ4n) is 2.12. The Bertz CT molecular complexity index is 534. The Morgan fingerprint density at radius 2 is 2.17 bits per heavy atom. The Morgan fingerprint density at radius 3 is 2.72 bits per heavy atom. The summed E-state index contributed by atoms with van der Waals surface area (Å²) in [6.07, 6.45) is 3.76. The number of imidazole rings is 1. The minimum absolute atomic E-state index is 0.0690. The quantitative estimate of drug-likeness (QED) is 0.896. The Balaban J connectivity index is 2.42. The standard InChI is InChI=1S/C14H19N3O/c1-10-5-6-11(9-12(10)18-4)13(15-2)14-16-7-8-17(14)3/h5-9,13,15H,1-4H3. The van der Waals surface area contributed by atoms with Crippen LogP contribution in [0, 0.1) is 6.92 Å². The van der Waals surface area contributed by atoms with Crippen molar-refractivity contribution >= 4 is 0 Å². The van der Waals surface area contributed by atoms with E-state index in [-0.39, 0.29) is 6.04 Å². The third-order valence-electron chi connectivity index (χ3n) is 3.17. The van der Waals surface area contributed by atoms with Crippen LogP contribution in [0.5, 0.6) is 5.75 Å². The molecular weight excluding hydrogens is 226 g/mol. The summed E-state index contributed by atoms with van der Waals surface area (Å²) in [4.78, 5) is 4.40. The third-order valence-corrected chi connectivity index (χ3v) is 3.17. The highest BCUT2D eigenvalue weighted by molar-refractivity contribution is 5.39. The van der Waals surface area contributed by atoms with Gasteiger partial charge in [0.25, 0.3) is 0 Å². The lowest BCUT2D eigenvalue weighted by atomic mass is 10.0. The molecule has 0 amide bonds. The maximum Gasteiger partial charge on any atom is 0.130 e. The second-order valence-electron chi connectivity index (χ2n) is 4.35. The van der Waals surface area contributed by atoms with Gasteiger partial charge in [-0.2, -0.15) is 0 Å². The molecule has 1 N–H and O–H groups in total. The third kappa shape index (κ3) is 2.24. The van der Waals surface area contributed by atoms with E-state index in [1.807, 2.05) is 38.0 Å². The van der Waals surface area contributed by atoms with Crippen molar-refractivity contribution in [2.24, 2.45) is 7.05 Å². The number of aromatic nitrogens is 2. The first-order valence-corrected chi connectivity index (χ1v) is 5.96. The van der Waals surface area contributed by atoms with Crippen LogP contribution in [-0.2, 0) is 7.05 Å². The lowest BCUT2D eigenvalue weighted by Gasteiger charge is -2.18. The van der Waals surface area contributed by atoms with Crippen molar-refractivity contribution < 1.29 is 4.74 Å². The van der Waals surface area contributed by atoms with Crippen molar-refractivity contribution in [3.8, 4) is 5.75 Å². The van der Waals surface area contributed by atoms with Crippen molar-refractivity contribution in [2.45, 2.75) is 13.0 Å². The Labute approximate surface area is 108 Å². The molecule has 2 aromatic rings. The maximum atomic E-state index is 5.37. The van der Waals surface area contributed by atoms with Crippen molar-refractivity contribution in [1.82, 2.24) is 14.9 Å². The van der Waals surface area contributed by atoms with Gasteiger partial charge in [-0.3, -0.25) is 0 Å². The topological polar surface area (TPSA) is 39.1 Å². The monoisotopic (exact) mass is 245 g/mol. The van der Waals surface area contributed by atoms with E-state index < -0.39 is 0 Å². The van der Waals surface area contributed by atoms with E-state index in [4.69, 9.17) is 4.74 Å². The average Bonchev–Trinajstić information content (AvgIpc) is 2.79. The summed E-state index contributed by atoms with van der Waals surface area (Å²) in [5.74, 6) is 1.89. The molecule has 0 saturated carbocycles. The summed E-state index contributed by atoms with van der Waals surface area (Å²) in [7, 11) is 5.63. The normalized spacial score (nSPS) is 12.4. The molecule has 96 valence electrons. The van der Waals surface area contributed by atoms with Gasteiger partial charge in [0.05, 0.1) is 13.2 Å². The van der Waals surface area contributed by atoms with Crippen LogP contribution in [-0.4, -0.2) is 23.7 Å². The highest BCUT2D eigenvalue weighted by atomic mass is 16.5. The van der Waals surface area contributed by atoms with Crippen LogP contribution in [0.1, 0.15) is 23.0 Å². The molecule has 18 heavy (non-hydrogen) atoms. The van der Waals surface area contributed by atoms with E-state index in [0.29, 0.717) is 0 Å². The molecule has 0 fully saturated rings. The largest absolute Gasteiger partial charge is 0.496 e. The minimum Gasteiger partial charge on any atom is -0.496 e. The number of aryl methyl sites for hydroxylation is 2. The molecule has 4 heteroatoms. The number of methoxy groups -OCH3 is 1. The predicted molar refractivity (Wildman–Crippen MR) is 71.8 cm³/mol. The minimum atomic E-state index is 0.0690. The van der Waals surface area contributed by atoms with Gasteiger partial charge in [-0.25, -0.2) is 4.98 Å². The summed E-state index contributed by atoms with van der Waals surface area (Å²) in [6, 6.07) is 6.31. The van der Waals surface area contributed by atoms with E-state index >= 15 is 0 Å². The highest BCUT2D eigenvalue weighted by Crippen LogP contribution is 2.26. The molecule has 0 spiro atoms. The molecule has 0 radical (unpaired) electrons. The molecule has 0 saturated heterocycles. The van der Waals surface area contributed by atoms with E-state index in [1.54, 1.807) is 7.11 Å². The first-order chi connectivity index (χ1) is 8.67. The number of nitrogens with one attached hydrogen (secondary N) is 1. The Morgan fingerprint density at radius 1 is 1.39 bits per heavy atom.